The molecule has 0 aliphatic rings. The molecule has 0 radical (unpaired) electrons. The van der Waals surface area contributed by atoms with Crippen LogP contribution in [0.4, 0.5) is 0 Å². The van der Waals surface area contributed by atoms with Crippen LogP contribution in [0.15, 0.2) is 0 Å². The Labute approximate surface area is 69.4 Å². The summed E-state index contributed by atoms with van der Waals surface area (Å²) >= 11 is 0. The number of carboxylic acids is 2. The Kier molecular flexibility index (Phi) is 3.77. The van der Waals surface area contributed by atoms with Gasteiger partial charge in [-0.3, -0.25) is 4.79 Å². The molecule has 0 saturated carbocycles. The van der Waals surface area contributed by atoms with Crippen LogP contribution in [0.1, 0.15) is 13.3 Å². The number of carboxylic acid groups (broad SMARTS) is 2. The molecular formula is C7H9NO4. The van der Waals surface area contributed by atoms with Crippen LogP contribution in [0.3, 0.4) is 0 Å². The van der Waals surface area contributed by atoms with Gasteiger partial charge in [0.05, 0.1) is 12.3 Å². The number of aliphatic carboxylic acids is 2. The molecule has 12 heavy (non-hydrogen) atoms. The number of carbonyl (C=O) groups is 2. The number of rotatable bonds is 4. The van der Waals surface area contributed by atoms with Crippen LogP contribution >= 0.6 is 0 Å². The van der Waals surface area contributed by atoms with Crippen LogP contribution in [0, 0.1) is 12.5 Å². The van der Waals surface area contributed by atoms with E-state index in [4.69, 9.17) is 16.8 Å². The van der Waals surface area contributed by atoms with Crippen molar-refractivity contribution in [1.29, 1.82) is 0 Å². The minimum atomic E-state index is -1.27. The molecule has 0 rings (SSSR count). The highest BCUT2D eigenvalue weighted by atomic mass is 16.4. The van der Waals surface area contributed by atoms with Gasteiger partial charge < -0.3 is 15.1 Å². The molecule has 0 spiro atoms. The summed E-state index contributed by atoms with van der Waals surface area (Å²) in [4.78, 5) is 23.3. The molecule has 0 bridgehead atoms. The highest BCUT2D eigenvalue weighted by Crippen LogP contribution is 2.11. The number of hydrogen-bond acceptors (Lipinski definition) is 2. The number of nitrogens with zero attached hydrogens (tertiary/aromatic N) is 1. The smallest absolute Gasteiger partial charge is 0.388 e. The van der Waals surface area contributed by atoms with Gasteiger partial charge in [0, 0.05) is 0 Å². The molecule has 0 aliphatic heterocycles. The van der Waals surface area contributed by atoms with E-state index in [-0.39, 0.29) is 6.42 Å². The zero-order valence-corrected chi connectivity index (χ0v) is 6.52. The maximum Gasteiger partial charge on any atom is 0.388 e. The Morgan fingerprint density at radius 1 is 1.50 bits per heavy atom. The first-order valence-corrected chi connectivity index (χ1v) is 3.30. The van der Waals surface area contributed by atoms with Gasteiger partial charge in [-0.1, -0.05) is 6.92 Å². The van der Waals surface area contributed by atoms with E-state index >= 15 is 0 Å². The third kappa shape index (κ3) is 3.01. The van der Waals surface area contributed by atoms with E-state index in [1.807, 2.05) is 0 Å². The Morgan fingerprint density at radius 3 is 2.25 bits per heavy atom. The summed E-state index contributed by atoms with van der Waals surface area (Å²) in [5.41, 5.74) is 0. The Morgan fingerprint density at radius 2 is 2.00 bits per heavy atom. The molecule has 2 atom stereocenters. The van der Waals surface area contributed by atoms with E-state index in [2.05, 4.69) is 4.85 Å². The van der Waals surface area contributed by atoms with Gasteiger partial charge in [-0.15, -0.1) is 0 Å². The van der Waals surface area contributed by atoms with Crippen LogP contribution in [-0.2, 0) is 9.59 Å². The summed E-state index contributed by atoms with van der Waals surface area (Å²) in [5, 5.41) is 16.8. The molecular weight excluding hydrogens is 162 g/mol. The maximum atomic E-state index is 10.3. The van der Waals surface area contributed by atoms with E-state index in [9.17, 15) is 9.59 Å². The Bertz CT molecular complexity index is 230. The van der Waals surface area contributed by atoms with Gasteiger partial charge in [0.15, 0.2) is 0 Å². The fourth-order valence-corrected chi connectivity index (χ4v) is 0.813. The molecule has 0 aromatic rings. The molecule has 2 N–H and O–H groups in total. The van der Waals surface area contributed by atoms with Crippen LogP contribution in [0.5, 0.6) is 0 Å². The summed E-state index contributed by atoms with van der Waals surface area (Å²) < 4.78 is 0. The minimum absolute atomic E-state index is 0.292. The van der Waals surface area contributed by atoms with Gasteiger partial charge in [0.2, 0.25) is 0 Å². The van der Waals surface area contributed by atoms with E-state index in [0.29, 0.717) is 0 Å². The lowest BCUT2D eigenvalue weighted by molar-refractivity contribution is -0.140. The zero-order valence-electron chi connectivity index (χ0n) is 6.52. The molecule has 0 aromatic carbocycles. The van der Waals surface area contributed by atoms with Crippen molar-refractivity contribution >= 4 is 11.9 Å². The fraction of sp³-hybridized carbons (Fsp3) is 0.571. The topological polar surface area (TPSA) is 79.0 Å². The number of hydrogen-bond donors (Lipinski definition) is 2. The van der Waals surface area contributed by atoms with Crippen molar-refractivity contribution in [2.75, 3.05) is 0 Å². The van der Waals surface area contributed by atoms with Gasteiger partial charge in [-0.25, -0.2) is 11.4 Å². The molecule has 0 saturated heterocycles. The van der Waals surface area contributed by atoms with Crippen LogP contribution in [0.25, 0.3) is 4.85 Å². The van der Waals surface area contributed by atoms with E-state index < -0.39 is 23.9 Å². The highest BCUT2D eigenvalue weighted by Gasteiger charge is 2.31. The van der Waals surface area contributed by atoms with Crippen molar-refractivity contribution in [1.82, 2.24) is 0 Å². The van der Waals surface area contributed by atoms with Crippen molar-refractivity contribution in [2.24, 2.45) is 5.92 Å². The lowest BCUT2D eigenvalue weighted by Crippen LogP contribution is -2.26. The molecule has 0 aromatic heterocycles. The SMILES string of the molecule is [C-]#[N+]C(C(=O)O)C(C)CC(=O)O. The second kappa shape index (κ2) is 4.34. The predicted molar refractivity (Wildman–Crippen MR) is 39.4 cm³/mol. The van der Waals surface area contributed by atoms with Crippen molar-refractivity contribution in [3.8, 4) is 0 Å². The minimum Gasteiger partial charge on any atom is -0.481 e. The van der Waals surface area contributed by atoms with Crippen LogP contribution in [0.2, 0.25) is 0 Å². The summed E-state index contributed by atoms with van der Waals surface area (Å²) in [6, 6.07) is -1.25. The van der Waals surface area contributed by atoms with Gasteiger partial charge in [0.1, 0.15) is 0 Å². The molecule has 66 valence electrons. The molecule has 0 fully saturated rings. The average Bonchev–Trinajstić information content (AvgIpc) is 1.85. The monoisotopic (exact) mass is 171 g/mol. The van der Waals surface area contributed by atoms with Crippen molar-refractivity contribution in [3.63, 3.8) is 0 Å². The molecule has 5 nitrogen and oxygen atoms in total. The van der Waals surface area contributed by atoms with Crippen molar-refractivity contribution < 1.29 is 19.8 Å². The van der Waals surface area contributed by atoms with E-state index in [0.717, 1.165) is 0 Å². The summed E-state index contributed by atoms with van der Waals surface area (Å²) in [6.07, 6.45) is -0.292. The third-order valence-electron chi connectivity index (χ3n) is 1.43. The van der Waals surface area contributed by atoms with Crippen molar-refractivity contribution in [2.45, 2.75) is 19.4 Å². The molecule has 5 heteroatoms. The van der Waals surface area contributed by atoms with Crippen LogP contribution in [-0.4, -0.2) is 28.2 Å². The van der Waals surface area contributed by atoms with E-state index in [1.54, 1.807) is 0 Å². The largest absolute Gasteiger partial charge is 0.481 e. The second-order valence-corrected chi connectivity index (χ2v) is 2.49. The summed E-state index contributed by atoms with van der Waals surface area (Å²) in [6.45, 7) is 7.95. The molecule has 2 unspecified atom stereocenters. The third-order valence-corrected chi connectivity index (χ3v) is 1.43. The van der Waals surface area contributed by atoms with Gasteiger partial charge in [-0.05, 0) is 0 Å². The zero-order chi connectivity index (χ0) is 9.72. The molecule has 0 heterocycles. The first kappa shape index (κ1) is 10.4. The van der Waals surface area contributed by atoms with Gasteiger partial charge >= 0.3 is 18.0 Å². The quantitative estimate of drug-likeness (QED) is 0.602. The standard InChI is InChI=1S/C7H9NO4/c1-4(3-5(9)10)6(8-2)7(11)12/h4,6H,3H2,1H3,(H,9,10)(H,11,12). The first-order valence-electron chi connectivity index (χ1n) is 3.30. The summed E-state index contributed by atoms with van der Waals surface area (Å²) in [5.74, 6) is -3.01. The summed E-state index contributed by atoms with van der Waals surface area (Å²) in [7, 11) is 0. The molecule has 0 amide bonds. The first-order chi connectivity index (χ1) is 5.49. The normalized spacial score (nSPS) is 14.3. The predicted octanol–water partition coefficient (Wildman–Crippen LogP) is 0.470. The van der Waals surface area contributed by atoms with Gasteiger partial charge in [0.25, 0.3) is 0 Å². The Balaban J connectivity index is 4.24. The Hall–Kier alpha value is -1.57. The lowest BCUT2D eigenvalue weighted by Gasteiger charge is -2.06. The van der Waals surface area contributed by atoms with Crippen molar-refractivity contribution in [3.05, 3.63) is 11.4 Å². The maximum absolute atomic E-state index is 10.3. The highest BCUT2D eigenvalue weighted by molar-refractivity contribution is 5.77. The van der Waals surface area contributed by atoms with Gasteiger partial charge in [-0.2, -0.15) is 0 Å². The van der Waals surface area contributed by atoms with Crippen LogP contribution < -0.4 is 0 Å². The molecule has 0 aliphatic carbocycles. The second-order valence-electron chi connectivity index (χ2n) is 2.49. The fourth-order valence-electron chi connectivity index (χ4n) is 0.813. The lowest BCUT2D eigenvalue weighted by atomic mass is 9.99. The van der Waals surface area contributed by atoms with E-state index in [1.165, 1.54) is 6.92 Å². The average molecular weight is 171 g/mol.